The van der Waals surface area contributed by atoms with Gasteiger partial charge in [0, 0.05) is 0 Å². The summed E-state index contributed by atoms with van der Waals surface area (Å²) in [5, 5.41) is 0.689. The number of para-hydroxylation sites is 2. The lowest BCUT2D eigenvalue weighted by atomic mass is 10.2. The maximum atomic E-state index is 13.2. The molecule has 0 unspecified atom stereocenters. The molecule has 7 heteroatoms. The maximum Gasteiger partial charge on any atom is 0.340 e. The van der Waals surface area contributed by atoms with Crippen LogP contribution < -0.4 is 5.69 Å². The second-order valence-corrected chi connectivity index (χ2v) is 7.02. The topological polar surface area (TPSA) is 44.0 Å². The number of carbonyl (C=O) groups is 1. The Labute approximate surface area is 169 Å². The van der Waals surface area contributed by atoms with Crippen molar-refractivity contribution in [3.05, 3.63) is 97.8 Å². The summed E-state index contributed by atoms with van der Waals surface area (Å²) < 4.78 is 2.45. The van der Waals surface area contributed by atoms with E-state index in [9.17, 15) is 9.59 Å². The number of halogens is 3. The van der Waals surface area contributed by atoms with E-state index in [1.54, 1.807) is 60.7 Å². The van der Waals surface area contributed by atoms with Gasteiger partial charge in [-0.2, -0.15) is 0 Å². The van der Waals surface area contributed by atoms with Crippen molar-refractivity contribution in [2.75, 3.05) is 0 Å². The Morgan fingerprint density at radius 3 is 2.00 bits per heavy atom. The molecule has 1 aromatic heterocycles. The maximum absolute atomic E-state index is 13.2. The molecule has 0 bridgehead atoms. The van der Waals surface area contributed by atoms with Crippen LogP contribution in [-0.4, -0.2) is 15.0 Å². The largest absolute Gasteiger partial charge is 0.340 e. The highest BCUT2D eigenvalue weighted by atomic mass is 35.5. The van der Waals surface area contributed by atoms with Gasteiger partial charge in [-0.3, -0.25) is 9.36 Å². The summed E-state index contributed by atoms with van der Waals surface area (Å²) in [6.07, 6.45) is 0. The molecule has 0 saturated carbocycles. The zero-order chi connectivity index (χ0) is 19.1. The Morgan fingerprint density at radius 1 is 0.741 bits per heavy atom. The van der Waals surface area contributed by atoms with Gasteiger partial charge in [-0.1, -0.05) is 65.1 Å². The van der Waals surface area contributed by atoms with Gasteiger partial charge in [0.25, 0.3) is 5.91 Å². The molecule has 4 aromatic rings. The lowest BCUT2D eigenvalue weighted by Gasteiger charge is -2.06. The Morgan fingerprint density at radius 2 is 1.33 bits per heavy atom. The third-order valence-electron chi connectivity index (χ3n) is 4.21. The van der Waals surface area contributed by atoms with E-state index < -0.39 is 11.6 Å². The molecule has 0 atom stereocenters. The van der Waals surface area contributed by atoms with Crippen LogP contribution in [0.15, 0.2) is 71.5 Å². The van der Waals surface area contributed by atoms with E-state index in [0.29, 0.717) is 21.7 Å². The fourth-order valence-corrected chi connectivity index (χ4v) is 3.84. The van der Waals surface area contributed by atoms with Crippen molar-refractivity contribution in [2.24, 2.45) is 0 Å². The zero-order valence-corrected chi connectivity index (χ0v) is 16.0. The van der Waals surface area contributed by atoms with E-state index in [1.807, 2.05) is 6.07 Å². The second-order valence-electron chi connectivity index (χ2n) is 5.80. The molecular formula is C20H11Cl3N2O2. The number of aromatic nitrogens is 2. The molecular weight excluding hydrogens is 407 g/mol. The lowest BCUT2D eigenvalue weighted by Crippen LogP contribution is -2.29. The monoisotopic (exact) mass is 416 g/mol. The second kappa shape index (κ2) is 6.89. The molecule has 4 nitrogen and oxygen atoms in total. The molecule has 0 N–H and O–H groups in total. The van der Waals surface area contributed by atoms with Crippen molar-refractivity contribution >= 4 is 51.7 Å². The number of imidazole rings is 1. The minimum atomic E-state index is -0.613. The molecule has 0 aliphatic carbocycles. The smallest absolute Gasteiger partial charge is 0.268 e. The normalized spacial score (nSPS) is 11.1. The lowest BCUT2D eigenvalue weighted by molar-refractivity contribution is 0.0961. The number of benzene rings is 3. The minimum absolute atomic E-state index is 0.0648. The van der Waals surface area contributed by atoms with Crippen LogP contribution in [-0.2, 0) is 0 Å². The number of carbonyl (C=O) groups excluding carboxylic acids is 1. The number of fused-ring (bicyclic) bond motifs is 1. The first kappa shape index (κ1) is 17.9. The standard InChI is InChI=1S/C20H11Cl3N2O2/c21-13-8-4-9-14(22)17(13)19(26)25-16-11-5-10-15(23)18(16)24(20(25)27)12-6-2-1-3-7-12/h1-11H. The predicted molar refractivity (Wildman–Crippen MR) is 109 cm³/mol. The van der Waals surface area contributed by atoms with Gasteiger partial charge in [0.2, 0.25) is 0 Å². The van der Waals surface area contributed by atoms with Crippen molar-refractivity contribution in [1.29, 1.82) is 0 Å². The Bertz CT molecular complexity index is 1220. The van der Waals surface area contributed by atoms with Gasteiger partial charge in [-0.05, 0) is 36.4 Å². The van der Waals surface area contributed by atoms with Crippen molar-refractivity contribution < 1.29 is 4.79 Å². The van der Waals surface area contributed by atoms with Crippen LogP contribution in [0, 0.1) is 0 Å². The van der Waals surface area contributed by atoms with Gasteiger partial charge in [0.15, 0.2) is 0 Å². The van der Waals surface area contributed by atoms with E-state index in [-0.39, 0.29) is 15.6 Å². The predicted octanol–water partition coefficient (Wildman–Crippen LogP) is 5.44. The van der Waals surface area contributed by atoms with Gasteiger partial charge in [-0.25, -0.2) is 9.36 Å². The molecule has 4 rings (SSSR count). The van der Waals surface area contributed by atoms with Crippen LogP contribution in [0.3, 0.4) is 0 Å². The molecule has 27 heavy (non-hydrogen) atoms. The first-order valence-corrected chi connectivity index (χ1v) is 9.10. The van der Waals surface area contributed by atoms with Gasteiger partial charge >= 0.3 is 5.69 Å². The summed E-state index contributed by atoms with van der Waals surface area (Å²) >= 11 is 18.7. The van der Waals surface area contributed by atoms with Gasteiger partial charge in [0.1, 0.15) is 0 Å². The molecule has 0 amide bonds. The van der Waals surface area contributed by atoms with Crippen molar-refractivity contribution in [3.8, 4) is 5.69 Å². The first-order valence-electron chi connectivity index (χ1n) is 7.97. The Hall–Kier alpha value is -2.53. The third kappa shape index (κ3) is 2.86. The Kier molecular flexibility index (Phi) is 4.56. The minimum Gasteiger partial charge on any atom is -0.268 e. The van der Waals surface area contributed by atoms with E-state index in [0.717, 1.165) is 4.57 Å². The SMILES string of the molecule is O=C(c1c(Cl)cccc1Cl)n1c(=O)n(-c2ccccc2)c2c(Cl)cccc21. The highest BCUT2D eigenvalue weighted by Gasteiger charge is 2.25. The number of nitrogens with zero attached hydrogens (tertiary/aromatic N) is 2. The summed E-state index contributed by atoms with van der Waals surface area (Å²) in [6, 6.07) is 18.7. The average molecular weight is 418 g/mol. The average Bonchev–Trinajstić information content (AvgIpc) is 2.95. The van der Waals surface area contributed by atoms with Gasteiger partial charge in [-0.15, -0.1) is 0 Å². The van der Waals surface area contributed by atoms with E-state index in [1.165, 1.54) is 4.57 Å². The summed E-state index contributed by atoms with van der Waals surface area (Å²) in [5.41, 5.74) is 0.918. The van der Waals surface area contributed by atoms with Gasteiger partial charge < -0.3 is 0 Å². The third-order valence-corrected chi connectivity index (χ3v) is 5.14. The molecule has 134 valence electrons. The van der Waals surface area contributed by atoms with E-state index in [4.69, 9.17) is 34.8 Å². The van der Waals surface area contributed by atoms with E-state index in [2.05, 4.69) is 0 Å². The van der Waals surface area contributed by atoms with Crippen molar-refractivity contribution in [3.63, 3.8) is 0 Å². The first-order chi connectivity index (χ1) is 13.0. The summed E-state index contributed by atoms with van der Waals surface area (Å²) in [7, 11) is 0. The fourth-order valence-electron chi connectivity index (χ4n) is 3.03. The summed E-state index contributed by atoms with van der Waals surface area (Å²) in [6.45, 7) is 0. The van der Waals surface area contributed by atoms with Crippen LogP contribution >= 0.6 is 34.8 Å². The summed E-state index contributed by atoms with van der Waals surface area (Å²) in [4.78, 5) is 26.5. The van der Waals surface area contributed by atoms with Crippen molar-refractivity contribution in [1.82, 2.24) is 9.13 Å². The highest BCUT2D eigenvalue weighted by molar-refractivity contribution is 6.40. The highest BCUT2D eigenvalue weighted by Crippen LogP contribution is 2.29. The fraction of sp³-hybridized carbons (Fsp3) is 0. The molecule has 0 saturated heterocycles. The molecule has 0 spiro atoms. The van der Waals surface area contributed by atoms with Crippen LogP contribution in [0.25, 0.3) is 16.7 Å². The van der Waals surface area contributed by atoms with Crippen molar-refractivity contribution in [2.45, 2.75) is 0 Å². The molecule has 0 radical (unpaired) electrons. The van der Waals surface area contributed by atoms with E-state index >= 15 is 0 Å². The Balaban J connectivity index is 2.09. The van der Waals surface area contributed by atoms with Crippen LogP contribution in [0.4, 0.5) is 0 Å². The number of hydrogen-bond acceptors (Lipinski definition) is 2. The molecule has 1 heterocycles. The zero-order valence-electron chi connectivity index (χ0n) is 13.7. The molecule has 3 aromatic carbocycles. The number of hydrogen-bond donors (Lipinski definition) is 0. The molecule has 0 aliphatic rings. The summed E-state index contributed by atoms with van der Waals surface area (Å²) in [5.74, 6) is -0.613. The molecule has 0 fully saturated rings. The molecule has 0 aliphatic heterocycles. The number of rotatable bonds is 2. The quantitative estimate of drug-likeness (QED) is 0.436. The van der Waals surface area contributed by atoms with Crippen LogP contribution in [0.5, 0.6) is 0 Å². The van der Waals surface area contributed by atoms with Gasteiger partial charge in [0.05, 0.1) is 37.4 Å². The van der Waals surface area contributed by atoms with Crippen LogP contribution in [0.2, 0.25) is 15.1 Å². The van der Waals surface area contributed by atoms with Crippen LogP contribution in [0.1, 0.15) is 10.4 Å².